The number of hydrogen-bond donors (Lipinski definition) is 4. The molecule has 0 aromatic heterocycles. The fraction of sp³-hybridized carbons (Fsp3) is 0. The van der Waals surface area contributed by atoms with E-state index in [1.807, 2.05) is 0 Å². The van der Waals surface area contributed by atoms with Crippen LogP contribution < -0.4 is 5.73 Å². The first kappa shape index (κ1) is 20.7. The number of fused-ring (bicyclic) bond motifs is 1. The number of non-ortho nitro benzene ring substituents is 1. The number of hydrogen-bond acceptors (Lipinski definition) is 9. The molecule has 3 aromatic rings. The van der Waals surface area contributed by atoms with E-state index in [9.17, 15) is 38.6 Å². The molecule has 0 saturated heterocycles. The molecule has 0 fully saturated rings. The van der Waals surface area contributed by atoms with Crippen molar-refractivity contribution in [3.05, 3.63) is 62.7 Å². The summed E-state index contributed by atoms with van der Waals surface area (Å²) in [6.45, 7) is 0. The molecule has 0 radical (unpaired) electrons. The van der Waals surface area contributed by atoms with Gasteiger partial charge in [0.25, 0.3) is 5.69 Å². The lowest BCUT2D eigenvalue weighted by molar-refractivity contribution is -0.393. The lowest BCUT2D eigenvalue weighted by Crippen LogP contribution is -2.06. The third kappa shape index (κ3) is 3.90. The van der Waals surface area contributed by atoms with E-state index in [4.69, 9.17) is 5.73 Å². The van der Waals surface area contributed by atoms with Gasteiger partial charge in [0, 0.05) is 18.2 Å². The number of nitro groups is 2. The molecule has 0 aliphatic heterocycles. The average Bonchev–Trinajstić information content (AvgIpc) is 2.66. The molecule has 0 unspecified atom stereocenters. The van der Waals surface area contributed by atoms with Gasteiger partial charge in [-0.2, -0.15) is 9.11 Å². The lowest BCUT2D eigenvalue weighted by Gasteiger charge is -2.08. The Morgan fingerprint density at radius 2 is 1.67 bits per heavy atom. The number of anilines is 1. The van der Waals surface area contributed by atoms with Crippen molar-refractivity contribution in [1.82, 2.24) is 0 Å². The summed E-state index contributed by atoms with van der Waals surface area (Å²) in [5.41, 5.74) is 4.30. The highest BCUT2D eigenvalue weighted by molar-refractivity contribution is 7.92. The summed E-state index contributed by atoms with van der Waals surface area (Å²) in [6.07, 6.45) is 0. The summed E-state index contributed by atoms with van der Waals surface area (Å²) in [4.78, 5) is 19.9. The van der Waals surface area contributed by atoms with Crippen LogP contribution in [0.3, 0.4) is 0 Å². The van der Waals surface area contributed by atoms with Crippen LogP contribution >= 0.6 is 0 Å². The van der Waals surface area contributed by atoms with Crippen LogP contribution in [-0.2, 0) is 14.7 Å². The van der Waals surface area contributed by atoms with Crippen LogP contribution in [0.1, 0.15) is 0 Å². The minimum Gasteiger partial charge on any atom is -0.507 e. The fourth-order valence-corrected chi connectivity index (χ4v) is 3.18. The number of azo groups is 1. The first-order valence-electron chi connectivity index (χ1n) is 7.88. The zero-order valence-corrected chi connectivity index (χ0v) is 15.5. The largest absolute Gasteiger partial charge is 0.507 e. The zero-order chi connectivity index (χ0) is 22.2. The Kier molecular flexibility index (Phi) is 5.13. The molecule has 0 amide bonds. The normalized spacial score (nSPS) is 11.8. The Balaban J connectivity index is 2.18. The maximum absolute atomic E-state index is 11.4. The highest BCUT2D eigenvalue weighted by atomic mass is 32.3. The molecule has 3 aromatic carbocycles. The van der Waals surface area contributed by atoms with Crippen molar-refractivity contribution in [2.45, 2.75) is 4.90 Å². The Hall–Kier alpha value is -4.01. The molecular formula is C16H12N5O8S+. The Morgan fingerprint density at radius 1 is 0.967 bits per heavy atom. The Morgan fingerprint density at radius 3 is 2.27 bits per heavy atom. The van der Waals surface area contributed by atoms with Crippen LogP contribution in [0, 0.1) is 20.2 Å². The van der Waals surface area contributed by atoms with Crippen molar-refractivity contribution in [3.8, 4) is 5.75 Å². The highest BCUT2D eigenvalue weighted by Crippen LogP contribution is 2.41. The molecule has 5 N–H and O–H groups in total. The van der Waals surface area contributed by atoms with Gasteiger partial charge >= 0.3 is 16.2 Å². The second kappa shape index (κ2) is 7.43. The first-order valence-corrected chi connectivity index (χ1v) is 9.35. The van der Waals surface area contributed by atoms with Gasteiger partial charge in [-0.3, -0.25) is 20.2 Å². The van der Waals surface area contributed by atoms with E-state index in [0.717, 1.165) is 30.3 Å². The molecule has 154 valence electrons. The van der Waals surface area contributed by atoms with E-state index in [2.05, 4.69) is 10.2 Å². The molecule has 0 atom stereocenters. The van der Waals surface area contributed by atoms with Crippen molar-refractivity contribution in [2.75, 3.05) is 5.73 Å². The van der Waals surface area contributed by atoms with E-state index < -0.39 is 42.4 Å². The average molecular weight is 434 g/mol. The SMILES string of the molecule is Nc1ccc2cc([S+](=O)(O)O)cc(O)c2c1N=Nc1ccc([N+](=O)[O-])cc1[N+](=O)[O-]. The number of nitrogens with zero attached hydrogens (tertiary/aromatic N) is 4. The highest BCUT2D eigenvalue weighted by Gasteiger charge is 2.28. The second-order valence-corrected chi connectivity index (χ2v) is 7.39. The number of nitrogens with two attached hydrogens (primary N) is 1. The lowest BCUT2D eigenvalue weighted by atomic mass is 10.1. The van der Waals surface area contributed by atoms with Crippen LogP contribution in [0.25, 0.3) is 10.8 Å². The van der Waals surface area contributed by atoms with Gasteiger partial charge in [-0.15, -0.1) is 10.2 Å². The first-order chi connectivity index (χ1) is 14.0. The van der Waals surface area contributed by atoms with Crippen LogP contribution in [0.2, 0.25) is 0 Å². The molecule has 0 aliphatic rings. The summed E-state index contributed by atoms with van der Waals surface area (Å²) < 4.78 is 30.0. The van der Waals surface area contributed by atoms with Crippen LogP contribution in [0.4, 0.5) is 28.4 Å². The molecule has 0 heterocycles. The number of aromatic hydroxyl groups is 1. The maximum Gasteiger partial charge on any atom is 0.386 e. The van der Waals surface area contributed by atoms with Crippen LogP contribution in [0.15, 0.2) is 57.6 Å². The van der Waals surface area contributed by atoms with Crippen molar-refractivity contribution in [2.24, 2.45) is 10.2 Å². The number of phenols is 1. The molecule has 14 heteroatoms. The van der Waals surface area contributed by atoms with Gasteiger partial charge in [-0.1, -0.05) is 6.07 Å². The van der Waals surface area contributed by atoms with Crippen molar-refractivity contribution in [1.29, 1.82) is 0 Å². The number of nitrogen functional groups attached to an aromatic ring is 1. The third-order valence-electron chi connectivity index (χ3n) is 4.01. The van der Waals surface area contributed by atoms with E-state index in [-0.39, 0.29) is 27.8 Å². The van der Waals surface area contributed by atoms with E-state index in [1.54, 1.807) is 0 Å². The Labute approximate surface area is 167 Å². The fourth-order valence-electron chi connectivity index (χ4n) is 2.64. The predicted octanol–water partition coefficient (Wildman–Crippen LogP) is 4.16. The van der Waals surface area contributed by atoms with Gasteiger partial charge < -0.3 is 10.8 Å². The third-order valence-corrected chi connectivity index (χ3v) is 4.86. The summed E-state index contributed by atoms with van der Waals surface area (Å²) in [5.74, 6) is -0.544. The molecule has 0 spiro atoms. The van der Waals surface area contributed by atoms with Crippen molar-refractivity contribution < 1.29 is 28.3 Å². The van der Waals surface area contributed by atoms with Crippen LogP contribution in [0.5, 0.6) is 5.75 Å². The minimum atomic E-state index is -4.35. The van der Waals surface area contributed by atoms with E-state index in [1.165, 1.54) is 12.1 Å². The van der Waals surface area contributed by atoms with Gasteiger partial charge in [0.2, 0.25) is 4.90 Å². The van der Waals surface area contributed by atoms with E-state index >= 15 is 0 Å². The predicted molar refractivity (Wildman–Crippen MR) is 106 cm³/mol. The van der Waals surface area contributed by atoms with Gasteiger partial charge in [-0.05, 0) is 21.7 Å². The zero-order valence-electron chi connectivity index (χ0n) is 14.7. The standard InChI is InChI=1S/C16H11N5O8S/c17-11-3-1-8-5-10(30(27,28)29)7-14(22)15(8)16(11)19-18-12-4-2-9(20(23)24)6-13(12)21(25)26/h1-7H,(H4-,17,18,19,22,27,28,29)/p+1. The molecule has 30 heavy (non-hydrogen) atoms. The molecule has 0 saturated carbocycles. The molecule has 0 aliphatic carbocycles. The minimum absolute atomic E-state index is 0.00992. The van der Waals surface area contributed by atoms with Crippen molar-refractivity contribution in [3.63, 3.8) is 0 Å². The summed E-state index contributed by atoms with van der Waals surface area (Å²) in [6, 6.07) is 7.49. The molecule has 3 rings (SSSR count). The van der Waals surface area contributed by atoms with E-state index in [0.29, 0.717) is 0 Å². The summed E-state index contributed by atoms with van der Waals surface area (Å²) in [7, 11) is -4.35. The van der Waals surface area contributed by atoms with Crippen molar-refractivity contribution >= 4 is 49.7 Å². The van der Waals surface area contributed by atoms with Gasteiger partial charge in [0.1, 0.15) is 11.4 Å². The second-order valence-electron chi connectivity index (χ2n) is 5.93. The van der Waals surface area contributed by atoms with Gasteiger partial charge in [-0.25, -0.2) is 0 Å². The molecule has 13 nitrogen and oxygen atoms in total. The van der Waals surface area contributed by atoms with Crippen LogP contribution in [-0.4, -0.2) is 24.1 Å². The van der Waals surface area contributed by atoms with Gasteiger partial charge in [0.05, 0.1) is 27.0 Å². The maximum atomic E-state index is 11.4. The molecule has 0 bridgehead atoms. The summed E-state index contributed by atoms with van der Waals surface area (Å²) in [5, 5.41) is 40.1. The number of benzene rings is 3. The number of phenolic OH excluding ortho intramolecular Hbond substituents is 1. The summed E-state index contributed by atoms with van der Waals surface area (Å²) >= 11 is 0. The quantitative estimate of drug-likeness (QED) is 0.149. The molecular weight excluding hydrogens is 422 g/mol. The smallest absolute Gasteiger partial charge is 0.386 e. The van der Waals surface area contributed by atoms with Gasteiger partial charge in [0.15, 0.2) is 5.69 Å². The topological polar surface area (TPSA) is 215 Å². The number of nitro benzene ring substituents is 2. The Bertz CT molecular complexity index is 1290. The number of rotatable bonds is 5. The monoisotopic (exact) mass is 434 g/mol.